The molecule has 7 nitrogen and oxygen atoms in total. The molecule has 0 atom stereocenters. The first-order valence-corrected chi connectivity index (χ1v) is 4.73. The number of carbonyl (C=O) groups is 2. The molecule has 19 heavy (non-hydrogen) atoms. The summed E-state index contributed by atoms with van der Waals surface area (Å²) in [7, 11) is 0. The van der Waals surface area contributed by atoms with Crippen LogP contribution in [0.25, 0.3) is 0 Å². The molecule has 0 aliphatic rings. The molecule has 0 unspecified atom stereocenters. The van der Waals surface area contributed by atoms with E-state index in [9.17, 15) is 28.5 Å². The molecule has 0 aliphatic heterocycles. The molecule has 1 rings (SSSR count). The highest BCUT2D eigenvalue weighted by molar-refractivity contribution is 6.04. The lowest BCUT2D eigenvalue weighted by Crippen LogP contribution is -2.42. The molecule has 1 aromatic rings. The maximum Gasteiger partial charge on any atom is 0.325 e. The number of benzene rings is 1. The summed E-state index contributed by atoms with van der Waals surface area (Å²) in [6.07, 6.45) is 0. The zero-order valence-corrected chi connectivity index (χ0v) is 9.39. The van der Waals surface area contributed by atoms with Gasteiger partial charge in [0.1, 0.15) is 11.6 Å². The van der Waals surface area contributed by atoms with Crippen LogP contribution in [-0.4, -0.2) is 27.1 Å². The van der Waals surface area contributed by atoms with E-state index in [2.05, 4.69) is 0 Å². The van der Waals surface area contributed by atoms with Gasteiger partial charge < -0.3 is 10.2 Å². The minimum atomic E-state index is -2.89. The number of rotatable bonds is 4. The Morgan fingerprint density at radius 1 is 1.21 bits per heavy atom. The summed E-state index contributed by atoms with van der Waals surface area (Å²) in [4.78, 5) is 31.2. The quantitative estimate of drug-likeness (QED) is 0.485. The number of nitrogens with zero attached hydrogens (tertiary/aromatic N) is 1. The van der Waals surface area contributed by atoms with E-state index in [1.54, 1.807) is 0 Å². The summed E-state index contributed by atoms with van der Waals surface area (Å²) < 4.78 is 27.2. The molecule has 1 aromatic carbocycles. The number of non-ortho nitro benzene ring substituents is 1. The Labute approximate surface area is 104 Å². The number of hydrogen-bond donors (Lipinski definition) is 2. The van der Waals surface area contributed by atoms with Gasteiger partial charge in [-0.1, -0.05) is 0 Å². The summed E-state index contributed by atoms with van der Waals surface area (Å²) in [5.41, 5.74) is -5.10. The maximum atomic E-state index is 13.6. The molecule has 0 aliphatic carbocycles. The van der Waals surface area contributed by atoms with Gasteiger partial charge in [0.05, 0.1) is 22.6 Å². The molecular formula is C10H7F2NO6. The first kappa shape index (κ1) is 14.5. The summed E-state index contributed by atoms with van der Waals surface area (Å²) in [6.45, 7) is 0.588. The third-order valence-corrected chi connectivity index (χ3v) is 2.59. The molecule has 0 bridgehead atoms. The van der Waals surface area contributed by atoms with Gasteiger partial charge in [-0.2, -0.15) is 0 Å². The van der Waals surface area contributed by atoms with Crippen molar-refractivity contribution in [2.45, 2.75) is 12.3 Å². The molecule has 0 amide bonds. The van der Waals surface area contributed by atoms with Crippen molar-refractivity contribution in [1.29, 1.82) is 0 Å². The van der Waals surface area contributed by atoms with E-state index in [4.69, 9.17) is 10.2 Å². The number of nitro benzene ring substituents is 1. The van der Waals surface area contributed by atoms with Gasteiger partial charge >= 0.3 is 11.9 Å². The van der Waals surface area contributed by atoms with E-state index >= 15 is 0 Å². The summed E-state index contributed by atoms with van der Waals surface area (Å²) in [5, 5.41) is 28.0. The summed E-state index contributed by atoms with van der Waals surface area (Å²) in [5.74, 6) is -7.21. The van der Waals surface area contributed by atoms with Crippen molar-refractivity contribution < 1.29 is 33.5 Å². The van der Waals surface area contributed by atoms with E-state index in [1.165, 1.54) is 0 Å². The van der Waals surface area contributed by atoms with Gasteiger partial charge in [-0.05, 0) is 6.92 Å². The highest BCUT2D eigenvalue weighted by Gasteiger charge is 2.48. The number of halogens is 2. The van der Waals surface area contributed by atoms with Crippen LogP contribution in [0.15, 0.2) is 12.1 Å². The fraction of sp³-hybridized carbons (Fsp3) is 0.200. The first-order valence-electron chi connectivity index (χ1n) is 4.73. The fourth-order valence-electron chi connectivity index (χ4n) is 1.45. The number of carboxylic acid groups (broad SMARTS) is 2. The van der Waals surface area contributed by atoms with E-state index in [-0.39, 0.29) is 12.1 Å². The lowest BCUT2D eigenvalue weighted by molar-refractivity contribution is -0.385. The Morgan fingerprint density at radius 2 is 1.58 bits per heavy atom. The third kappa shape index (κ3) is 2.21. The molecule has 0 radical (unpaired) electrons. The molecular weight excluding hydrogens is 268 g/mol. The van der Waals surface area contributed by atoms with Gasteiger partial charge in [0.2, 0.25) is 0 Å². The van der Waals surface area contributed by atoms with E-state index in [0.717, 1.165) is 0 Å². The molecule has 0 aromatic heterocycles. The van der Waals surface area contributed by atoms with Crippen LogP contribution in [0, 0.1) is 21.7 Å². The molecule has 102 valence electrons. The summed E-state index contributed by atoms with van der Waals surface area (Å²) in [6, 6.07) is 0.533. The Morgan fingerprint density at radius 3 is 1.84 bits per heavy atom. The van der Waals surface area contributed by atoms with Gasteiger partial charge in [0, 0.05) is 0 Å². The lowest BCUT2D eigenvalue weighted by atomic mass is 9.81. The van der Waals surface area contributed by atoms with Gasteiger partial charge in [-0.15, -0.1) is 0 Å². The Balaban J connectivity index is 3.64. The number of hydrogen-bond acceptors (Lipinski definition) is 4. The predicted octanol–water partition coefficient (Wildman–Crippen LogP) is 1.30. The van der Waals surface area contributed by atoms with Gasteiger partial charge in [-0.3, -0.25) is 19.7 Å². The van der Waals surface area contributed by atoms with Crippen molar-refractivity contribution in [2.24, 2.45) is 0 Å². The first-order chi connectivity index (χ1) is 8.62. The third-order valence-electron chi connectivity index (χ3n) is 2.59. The largest absolute Gasteiger partial charge is 0.480 e. The Kier molecular flexibility index (Phi) is 3.50. The number of carboxylic acids is 2. The predicted molar refractivity (Wildman–Crippen MR) is 55.6 cm³/mol. The Hall–Kier alpha value is -2.58. The molecule has 0 saturated heterocycles. The Bertz CT molecular complexity index is 548. The van der Waals surface area contributed by atoms with Crippen LogP contribution in [-0.2, 0) is 15.0 Å². The van der Waals surface area contributed by atoms with Crippen molar-refractivity contribution in [2.75, 3.05) is 0 Å². The minimum Gasteiger partial charge on any atom is -0.480 e. The van der Waals surface area contributed by atoms with Crippen LogP contribution < -0.4 is 0 Å². The van der Waals surface area contributed by atoms with Crippen molar-refractivity contribution in [1.82, 2.24) is 0 Å². The number of nitro groups is 1. The highest BCUT2D eigenvalue weighted by Crippen LogP contribution is 2.32. The maximum absolute atomic E-state index is 13.6. The minimum absolute atomic E-state index is 0.266. The van der Waals surface area contributed by atoms with Crippen LogP contribution in [0.2, 0.25) is 0 Å². The zero-order chi connectivity index (χ0) is 15.0. The van der Waals surface area contributed by atoms with E-state index in [1.807, 2.05) is 0 Å². The van der Waals surface area contributed by atoms with Crippen LogP contribution in [0.3, 0.4) is 0 Å². The average Bonchev–Trinajstić information content (AvgIpc) is 2.26. The number of aliphatic carboxylic acids is 2. The second kappa shape index (κ2) is 4.59. The van der Waals surface area contributed by atoms with Crippen LogP contribution in [0.4, 0.5) is 14.5 Å². The average molecular weight is 275 g/mol. The van der Waals surface area contributed by atoms with Gasteiger partial charge in [0.15, 0.2) is 5.41 Å². The van der Waals surface area contributed by atoms with Crippen molar-refractivity contribution >= 4 is 17.6 Å². The van der Waals surface area contributed by atoms with E-state index < -0.39 is 45.2 Å². The van der Waals surface area contributed by atoms with Gasteiger partial charge in [0.25, 0.3) is 5.69 Å². The second-order valence-electron chi connectivity index (χ2n) is 3.78. The van der Waals surface area contributed by atoms with Gasteiger partial charge in [-0.25, -0.2) is 8.78 Å². The molecule has 0 fully saturated rings. The standard InChI is InChI=1S/C10H7F2NO6/c1-10(8(14)15,9(16)17)7-5(11)2-4(13(18)19)3-6(7)12/h2-3H,1H3,(H,14,15)(H,16,17). The molecule has 9 heteroatoms. The molecule has 0 spiro atoms. The summed E-state index contributed by atoms with van der Waals surface area (Å²) >= 11 is 0. The smallest absolute Gasteiger partial charge is 0.325 e. The monoisotopic (exact) mass is 275 g/mol. The normalized spacial score (nSPS) is 11.1. The molecule has 0 heterocycles. The second-order valence-corrected chi connectivity index (χ2v) is 3.78. The van der Waals surface area contributed by atoms with E-state index in [0.29, 0.717) is 6.92 Å². The van der Waals surface area contributed by atoms with Crippen molar-refractivity contribution in [3.63, 3.8) is 0 Å². The zero-order valence-electron chi connectivity index (χ0n) is 9.39. The van der Waals surface area contributed by atoms with Crippen LogP contribution >= 0.6 is 0 Å². The fourth-order valence-corrected chi connectivity index (χ4v) is 1.45. The molecule has 2 N–H and O–H groups in total. The topological polar surface area (TPSA) is 118 Å². The van der Waals surface area contributed by atoms with Crippen molar-refractivity contribution in [3.05, 3.63) is 39.4 Å². The molecule has 0 saturated carbocycles. The highest BCUT2D eigenvalue weighted by atomic mass is 19.1. The lowest BCUT2D eigenvalue weighted by Gasteiger charge is -2.21. The van der Waals surface area contributed by atoms with Crippen molar-refractivity contribution in [3.8, 4) is 0 Å². The van der Waals surface area contributed by atoms with Crippen LogP contribution in [0.1, 0.15) is 12.5 Å². The SMILES string of the molecule is CC(C(=O)O)(C(=O)O)c1c(F)cc([N+](=O)[O-])cc1F. The van der Waals surface area contributed by atoms with Crippen LogP contribution in [0.5, 0.6) is 0 Å².